The first-order valence-electron chi connectivity index (χ1n) is 14.0. The van der Waals surface area contributed by atoms with Crippen LogP contribution in [-0.4, -0.2) is 32.6 Å². The van der Waals surface area contributed by atoms with Crippen LogP contribution in [0.2, 0.25) is 0 Å². The van der Waals surface area contributed by atoms with Crippen molar-refractivity contribution < 1.29 is 34.0 Å². The molecule has 3 aromatic carbocycles. The molecule has 4 atom stereocenters. The van der Waals surface area contributed by atoms with Crippen molar-refractivity contribution in [3.05, 3.63) is 139 Å². The zero-order chi connectivity index (χ0) is 30.1. The van der Waals surface area contributed by atoms with Gasteiger partial charge in [-0.15, -0.1) is 0 Å². The summed E-state index contributed by atoms with van der Waals surface area (Å²) in [6.07, 6.45) is -4.74. The number of phenols is 1. The summed E-state index contributed by atoms with van der Waals surface area (Å²) in [5.41, 5.74) is 0.883. The van der Waals surface area contributed by atoms with Crippen LogP contribution in [0.25, 0.3) is 11.0 Å². The van der Waals surface area contributed by atoms with Gasteiger partial charge in [0.2, 0.25) is 0 Å². The molecule has 0 aliphatic heterocycles. The van der Waals surface area contributed by atoms with Gasteiger partial charge in [-0.2, -0.15) is 0 Å². The number of benzene rings is 3. The summed E-state index contributed by atoms with van der Waals surface area (Å²) in [6.45, 7) is 0. The first kappa shape index (κ1) is 28.4. The summed E-state index contributed by atoms with van der Waals surface area (Å²) in [7, 11) is 0. The predicted molar refractivity (Wildman–Crippen MR) is 157 cm³/mol. The number of rotatable bonds is 8. The SMILES string of the molecule is O=c1cc(CCc2ccccc2)oc2c1[C@H](O)[C@@H](O)[C@@H](O)[C@@H]2Oc1cc(O)cc2c(=O)cc(CCc3ccccc3)oc12. The van der Waals surface area contributed by atoms with E-state index < -0.39 is 35.3 Å². The molecular formula is C34H30O9. The Labute approximate surface area is 245 Å². The Morgan fingerprint density at radius 1 is 0.674 bits per heavy atom. The largest absolute Gasteiger partial charge is 0.508 e. The van der Waals surface area contributed by atoms with E-state index in [1.807, 2.05) is 60.7 Å². The molecule has 2 heterocycles. The number of aliphatic hydroxyl groups excluding tert-OH is 3. The van der Waals surface area contributed by atoms with E-state index in [-0.39, 0.29) is 33.8 Å². The lowest BCUT2D eigenvalue weighted by Gasteiger charge is -2.35. The summed E-state index contributed by atoms with van der Waals surface area (Å²) < 4.78 is 18.2. The monoisotopic (exact) mass is 582 g/mol. The minimum absolute atomic E-state index is 0.0188. The van der Waals surface area contributed by atoms with Gasteiger partial charge in [-0.25, -0.2) is 0 Å². The second-order valence-corrected chi connectivity index (χ2v) is 10.7. The lowest BCUT2D eigenvalue weighted by atomic mass is 9.87. The smallest absolute Gasteiger partial charge is 0.193 e. The Hall–Kier alpha value is -4.70. The highest BCUT2D eigenvalue weighted by atomic mass is 16.5. The fourth-order valence-corrected chi connectivity index (χ4v) is 5.44. The fourth-order valence-electron chi connectivity index (χ4n) is 5.44. The number of phenolic OH excluding ortho intramolecular Hbond substituents is 1. The Bertz CT molecular complexity index is 1860. The first-order valence-corrected chi connectivity index (χ1v) is 14.0. The van der Waals surface area contributed by atoms with Gasteiger partial charge in [0, 0.05) is 31.0 Å². The Kier molecular flexibility index (Phi) is 7.86. The summed E-state index contributed by atoms with van der Waals surface area (Å²) in [5, 5.41) is 42.8. The van der Waals surface area contributed by atoms with Gasteiger partial charge in [-0.3, -0.25) is 9.59 Å². The van der Waals surface area contributed by atoms with Gasteiger partial charge in [-0.1, -0.05) is 60.7 Å². The molecular weight excluding hydrogens is 552 g/mol. The molecule has 1 aliphatic carbocycles. The molecule has 0 radical (unpaired) electrons. The second kappa shape index (κ2) is 11.9. The van der Waals surface area contributed by atoms with Crippen molar-refractivity contribution in [2.75, 3.05) is 0 Å². The van der Waals surface area contributed by atoms with Crippen molar-refractivity contribution in [2.45, 2.75) is 50.1 Å². The molecule has 0 fully saturated rings. The number of hydrogen-bond donors (Lipinski definition) is 4. The fraction of sp³-hybridized carbons (Fsp3) is 0.235. The van der Waals surface area contributed by atoms with Gasteiger partial charge in [0.1, 0.15) is 35.6 Å². The van der Waals surface area contributed by atoms with Crippen molar-refractivity contribution in [1.29, 1.82) is 0 Å². The van der Waals surface area contributed by atoms with Gasteiger partial charge in [0.25, 0.3) is 0 Å². The minimum Gasteiger partial charge on any atom is -0.508 e. The first-order chi connectivity index (χ1) is 20.8. The zero-order valence-corrected chi connectivity index (χ0v) is 23.1. The quantitative estimate of drug-likeness (QED) is 0.214. The summed E-state index contributed by atoms with van der Waals surface area (Å²) >= 11 is 0. The lowest BCUT2D eigenvalue weighted by Crippen LogP contribution is -2.46. The molecule has 220 valence electrons. The molecule has 0 bridgehead atoms. The van der Waals surface area contributed by atoms with E-state index in [0.29, 0.717) is 37.2 Å². The third-order valence-corrected chi connectivity index (χ3v) is 7.69. The molecule has 0 spiro atoms. The van der Waals surface area contributed by atoms with Crippen LogP contribution in [0.15, 0.2) is 103 Å². The summed E-state index contributed by atoms with van der Waals surface area (Å²) in [6, 6.07) is 24.4. The van der Waals surface area contributed by atoms with E-state index in [2.05, 4.69) is 0 Å². The van der Waals surface area contributed by atoms with Crippen molar-refractivity contribution in [3.63, 3.8) is 0 Å². The number of fused-ring (bicyclic) bond motifs is 2. The highest BCUT2D eigenvalue weighted by Gasteiger charge is 2.46. The van der Waals surface area contributed by atoms with Gasteiger partial charge in [0.15, 0.2) is 34.1 Å². The third kappa shape index (κ3) is 5.83. The Morgan fingerprint density at radius 2 is 1.26 bits per heavy atom. The van der Waals surface area contributed by atoms with Crippen LogP contribution in [0.4, 0.5) is 0 Å². The molecule has 4 N–H and O–H groups in total. The summed E-state index contributed by atoms with van der Waals surface area (Å²) in [4.78, 5) is 26.2. The van der Waals surface area contributed by atoms with E-state index >= 15 is 0 Å². The molecule has 6 rings (SSSR count). The van der Waals surface area contributed by atoms with Crippen LogP contribution in [-0.2, 0) is 25.7 Å². The topological polar surface area (TPSA) is 151 Å². The Balaban J connectivity index is 1.38. The highest BCUT2D eigenvalue weighted by Crippen LogP contribution is 2.41. The third-order valence-electron chi connectivity index (χ3n) is 7.69. The molecule has 0 amide bonds. The van der Waals surface area contributed by atoms with Crippen LogP contribution in [0, 0.1) is 0 Å². The van der Waals surface area contributed by atoms with Crippen LogP contribution >= 0.6 is 0 Å². The molecule has 9 heteroatoms. The van der Waals surface area contributed by atoms with E-state index in [4.69, 9.17) is 13.6 Å². The van der Waals surface area contributed by atoms with Gasteiger partial charge in [0.05, 0.1) is 10.9 Å². The normalized spacial score (nSPS) is 19.7. The predicted octanol–water partition coefficient (Wildman–Crippen LogP) is 3.91. The number of ether oxygens (including phenoxy) is 1. The minimum atomic E-state index is -1.77. The molecule has 0 saturated carbocycles. The van der Waals surface area contributed by atoms with Crippen molar-refractivity contribution in [3.8, 4) is 11.5 Å². The lowest BCUT2D eigenvalue weighted by molar-refractivity contribution is -0.121. The molecule has 43 heavy (non-hydrogen) atoms. The molecule has 9 nitrogen and oxygen atoms in total. The van der Waals surface area contributed by atoms with Crippen molar-refractivity contribution >= 4 is 11.0 Å². The molecule has 0 saturated heterocycles. The average Bonchev–Trinajstić information content (AvgIpc) is 3.01. The van der Waals surface area contributed by atoms with E-state index in [1.165, 1.54) is 24.3 Å². The second-order valence-electron chi connectivity index (χ2n) is 10.7. The van der Waals surface area contributed by atoms with E-state index in [1.54, 1.807) is 0 Å². The van der Waals surface area contributed by atoms with Crippen LogP contribution in [0.5, 0.6) is 11.5 Å². The van der Waals surface area contributed by atoms with Crippen molar-refractivity contribution in [1.82, 2.24) is 0 Å². The maximum atomic E-state index is 13.1. The van der Waals surface area contributed by atoms with Crippen LogP contribution in [0.1, 0.15) is 46.2 Å². The maximum Gasteiger partial charge on any atom is 0.193 e. The van der Waals surface area contributed by atoms with E-state index in [9.17, 15) is 30.0 Å². The molecule has 0 unspecified atom stereocenters. The highest BCUT2D eigenvalue weighted by molar-refractivity contribution is 5.84. The molecule has 1 aliphatic rings. The maximum absolute atomic E-state index is 13.1. The number of hydrogen-bond acceptors (Lipinski definition) is 9. The molecule has 5 aromatic rings. The van der Waals surface area contributed by atoms with Crippen molar-refractivity contribution in [2.24, 2.45) is 0 Å². The number of aryl methyl sites for hydroxylation is 4. The molecule has 2 aromatic heterocycles. The standard InChI is InChI=1S/C34H30O9/c35-21-15-24-25(36)17-22(13-11-19-7-3-1-4-8-19)41-32(24)27(16-21)43-34-31(40)30(39)29(38)28-26(37)18-23(42-33(28)34)14-12-20-9-5-2-6-10-20/h1-10,15-18,29-31,34-35,38-40H,11-14H2/t29-,30+,31+,34-/m0/s1. The van der Waals surface area contributed by atoms with Gasteiger partial charge in [-0.05, 0) is 30.0 Å². The van der Waals surface area contributed by atoms with Gasteiger partial charge < -0.3 is 34.0 Å². The van der Waals surface area contributed by atoms with Crippen LogP contribution in [0.3, 0.4) is 0 Å². The van der Waals surface area contributed by atoms with Crippen LogP contribution < -0.4 is 15.6 Å². The van der Waals surface area contributed by atoms with E-state index in [0.717, 1.165) is 11.1 Å². The van der Waals surface area contributed by atoms with Gasteiger partial charge >= 0.3 is 0 Å². The number of aromatic hydroxyl groups is 1. The average molecular weight is 583 g/mol. The zero-order valence-electron chi connectivity index (χ0n) is 23.1. The summed E-state index contributed by atoms with van der Waals surface area (Å²) in [5.74, 6) is 0.125. The Morgan fingerprint density at radius 3 is 1.88 bits per heavy atom. The number of aliphatic hydroxyl groups is 3.